The van der Waals surface area contributed by atoms with Crippen molar-refractivity contribution in [2.75, 3.05) is 5.32 Å². The molecule has 3 aromatic rings. The highest BCUT2D eigenvalue weighted by atomic mass is 16.1. The van der Waals surface area contributed by atoms with E-state index in [-0.39, 0.29) is 17.4 Å². The summed E-state index contributed by atoms with van der Waals surface area (Å²) >= 11 is 0. The fraction of sp³-hybridized carbons (Fsp3) is 0.250. The Balaban J connectivity index is 2.03. The van der Waals surface area contributed by atoms with E-state index in [0.29, 0.717) is 34.5 Å². The fourth-order valence-corrected chi connectivity index (χ4v) is 2.85. The van der Waals surface area contributed by atoms with Gasteiger partial charge in [0.15, 0.2) is 0 Å². The summed E-state index contributed by atoms with van der Waals surface area (Å²) < 4.78 is 1.57. The lowest BCUT2D eigenvalue weighted by molar-refractivity contribution is -0.116. The lowest BCUT2D eigenvalue weighted by Gasteiger charge is -2.13. The molecule has 0 saturated heterocycles. The Morgan fingerprint density at radius 2 is 1.92 bits per heavy atom. The first-order valence-electron chi connectivity index (χ1n) is 8.34. The highest BCUT2D eigenvalue weighted by molar-refractivity contribution is 5.91. The molecule has 0 fully saturated rings. The van der Waals surface area contributed by atoms with E-state index in [9.17, 15) is 9.59 Å². The number of amides is 1. The molecular weight excluding hydrogens is 314 g/mol. The van der Waals surface area contributed by atoms with Crippen LogP contribution >= 0.6 is 0 Å². The van der Waals surface area contributed by atoms with Crippen molar-refractivity contribution in [3.63, 3.8) is 0 Å². The van der Waals surface area contributed by atoms with Crippen LogP contribution in [0.15, 0.2) is 53.3 Å². The molecule has 25 heavy (non-hydrogen) atoms. The molecule has 0 aliphatic carbocycles. The van der Waals surface area contributed by atoms with Crippen molar-refractivity contribution >= 4 is 22.5 Å². The quantitative estimate of drug-likeness (QED) is 0.791. The Labute approximate surface area is 146 Å². The third kappa shape index (κ3) is 3.60. The maximum atomic E-state index is 12.9. The summed E-state index contributed by atoms with van der Waals surface area (Å²) in [6.45, 7) is 5.80. The number of nitrogens with zero attached hydrogens (tertiary/aromatic N) is 2. The van der Waals surface area contributed by atoms with Gasteiger partial charge in [-0.2, -0.15) is 0 Å². The lowest BCUT2D eigenvalue weighted by atomic mass is 10.1. The maximum Gasteiger partial charge on any atom is 0.265 e. The Kier molecular flexibility index (Phi) is 4.65. The minimum atomic E-state index is -0.117. The first-order chi connectivity index (χ1) is 12.0. The van der Waals surface area contributed by atoms with Crippen LogP contribution in [0.2, 0.25) is 0 Å². The minimum absolute atomic E-state index is 0.0344. The van der Waals surface area contributed by atoms with Crippen molar-refractivity contribution in [1.82, 2.24) is 9.55 Å². The zero-order valence-corrected chi connectivity index (χ0v) is 14.6. The van der Waals surface area contributed by atoms with Crippen LogP contribution in [0.4, 0.5) is 5.69 Å². The Hall–Kier alpha value is -2.95. The number of hydrogen-bond donors (Lipinski definition) is 1. The second-order valence-electron chi connectivity index (χ2n) is 6.51. The molecule has 0 bridgehead atoms. The standard InChI is InChI=1S/C20H21N3O2/c1-13(2)11-19(24)22-15-7-6-8-16(12-15)23-14(3)21-18-10-5-4-9-17(18)20(23)25/h4-10,12-13H,11H2,1-3H3,(H,22,24). The highest BCUT2D eigenvalue weighted by Crippen LogP contribution is 2.17. The predicted octanol–water partition coefficient (Wildman–Crippen LogP) is 3.68. The van der Waals surface area contributed by atoms with Crippen LogP contribution < -0.4 is 10.9 Å². The van der Waals surface area contributed by atoms with Crippen molar-refractivity contribution in [2.24, 2.45) is 5.92 Å². The maximum absolute atomic E-state index is 12.9. The normalized spacial score (nSPS) is 11.0. The fourth-order valence-electron chi connectivity index (χ4n) is 2.85. The zero-order valence-electron chi connectivity index (χ0n) is 14.6. The molecule has 0 atom stereocenters. The van der Waals surface area contributed by atoms with Gasteiger partial charge in [-0.25, -0.2) is 4.98 Å². The monoisotopic (exact) mass is 335 g/mol. The Morgan fingerprint density at radius 3 is 2.68 bits per heavy atom. The van der Waals surface area contributed by atoms with Gasteiger partial charge in [-0.3, -0.25) is 14.2 Å². The summed E-state index contributed by atoms with van der Waals surface area (Å²) in [5.74, 6) is 0.861. The molecule has 5 heteroatoms. The summed E-state index contributed by atoms with van der Waals surface area (Å²) in [6.07, 6.45) is 0.459. The second kappa shape index (κ2) is 6.89. The van der Waals surface area contributed by atoms with E-state index in [1.807, 2.05) is 50.2 Å². The van der Waals surface area contributed by atoms with Crippen LogP contribution in [0.5, 0.6) is 0 Å². The van der Waals surface area contributed by atoms with Crippen molar-refractivity contribution in [2.45, 2.75) is 27.2 Å². The molecule has 1 N–H and O–H groups in total. The van der Waals surface area contributed by atoms with E-state index in [2.05, 4.69) is 10.3 Å². The number of hydrogen-bond acceptors (Lipinski definition) is 3. The van der Waals surface area contributed by atoms with Crippen molar-refractivity contribution in [3.05, 3.63) is 64.7 Å². The number of benzene rings is 2. The number of aromatic nitrogens is 2. The van der Waals surface area contributed by atoms with E-state index in [4.69, 9.17) is 0 Å². The summed E-state index contributed by atoms with van der Waals surface area (Å²) in [7, 11) is 0. The molecular formula is C20H21N3O2. The van der Waals surface area contributed by atoms with Gasteiger partial charge in [0.05, 0.1) is 16.6 Å². The summed E-state index contributed by atoms with van der Waals surface area (Å²) in [4.78, 5) is 29.4. The predicted molar refractivity (Wildman–Crippen MR) is 100 cm³/mol. The third-order valence-corrected chi connectivity index (χ3v) is 3.93. The number of nitrogens with one attached hydrogen (secondary N) is 1. The van der Waals surface area contributed by atoms with Crippen molar-refractivity contribution in [3.8, 4) is 5.69 Å². The van der Waals surface area contributed by atoms with Gasteiger partial charge in [-0.05, 0) is 43.2 Å². The van der Waals surface area contributed by atoms with Gasteiger partial charge in [-0.15, -0.1) is 0 Å². The molecule has 1 aromatic heterocycles. The average Bonchev–Trinajstić information content (AvgIpc) is 2.54. The van der Waals surface area contributed by atoms with Crippen LogP contribution in [0.1, 0.15) is 26.1 Å². The third-order valence-electron chi connectivity index (χ3n) is 3.93. The summed E-state index contributed by atoms with van der Waals surface area (Å²) in [5.41, 5.74) is 1.92. The molecule has 0 aliphatic rings. The van der Waals surface area contributed by atoms with Gasteiger partial charge in [0.2, 0.25) is 5.91 Å². The average molecular weight is 335 g/mol. The SMILES string of the molecule is Cc1nc2ccccc2c(=O)n1-c1cccc(NC(=O)CC(C)C)c1. The summed E-state index contributed by atoms with van der Waals surface area (Å²) in [5, 5.41) is 3.46. The zero-order chi connectivity index (χ0) is 18.0. The minimum Gasteiger partial charge on any atom is -0.326 e. The number of aryl methyl sites for hydroxylation is 1. The van der Waals surface area contributed by atoms with Gasteiger partial charge in [-0.1, -0.05) is 32.0 Å². The van der Waals surface area contributed by atoms with Gasteiger partial charge < -0.3 is 5.32 Å². The number of para-hydroxylation sites is 1. The lowest BCUT2D eigenvalue weighted by Crippen LogP contribution is -2.22. The molecule has 3 rings (SSSR count). The van der Waals surface area contributed by atoms with Crippen molar-refractivity contribution < 1.29 is 4.79 Å². The molecule has 2 aromatic carbocycles. The van der Waals surface area contributed by atoms with E-state index in [1.165, 1.54) is 0 Å². The first-order valence-corrected chi connectivity index (χ1v) is 8.34. The second-order valence-corrected chi connectivity index (χ2v) is 6.51. The number of carbonyl (C=O) groups is 1. The molecule has 0 saturated carbocycles. The number of carbonyl (C=O) groups excluding carboxylic acids is 1. The van der Waals surface area contributed by atoms with Crippen LogP contribution in [0.25, 0.3) is 16.6 Å². The smallest absolute Gasteiger partial charge is 0.265 e. The van der Waals surface area contributed by atoms with Crippen LogP contribution in [-0.4, -0.2) is 15.5 Å². The Bertz CT molecular complexity index is 990. The van der Waals surface area contributed by atoms with Gasteiger partial charge in [0.25, 0.3) is 5.56 Å². The van der Waals surface area contributed by atoms with Crippen LogP contribution in [0.3, 0.4) is 0 Å². The van der Waals surface area contributed by atoms with Gasteiger partial charge >= 0.3 is 0 Å². The molecule has 0 unspecified atom stereocenters. The molecule has 1 heterocycles. The van der Waals surface area contributed by atoms with Crippen LogP contribution in [-0.2, 0) is 4.79 Å². The van der Waals surface area contributed by atoms with E-state index >= 15 is 0 Å². The molecule has 1 amide bonds. The van der Waals surface area contributed by atoms with Gasteiger partial charge in [0.1, 0.15) is 5.82 Å². The molecule has 0 radical (unpaired) electrons. The summed E-state index contributed by atoms with van der Waals surface area (Å²) in [6, 6.07) is 14.6. The van der Waals surface area contributed by atoms with Crippen LogP contribution in [0, 0.1) is 12.8 Å². The highest BCUT2D eigenvalue weighted by Gasteiger charge is 2.11. The van der Waals surface area contributed by atoms with E-state index in [1.54, 1.807) is 23.6 Å². The molecule has 0 spiro atoms. The molecule has 128 valence electrons. The largest absolute Gasteiger partial charge is 0.326 e. The Morgan fingerprint density at radius 1 is 1.16 bits per heavy atom. The topological polar surface area (TPSA) is 64.0 Å². The van der Waals surface area contributed by atoms with E-state index in [0.717, 1.165) is 0 Å². The van der Waals surface area contributed by atoms with Crippen molar-refractivity contribution in [1.29, 1.82) is 0 Å². The van der Waals surface area contributed by atoms with E-state index < -0.39 is 0 Å². The number of fused-ring (bicyclic) bond motifs is 1. The first kappa shape index (κ1) is 16.9. The number of anilines is 1. The molecule has 5 nitrogen and oxygen atoms in total. The van der Waals surface area contributed by atoms with Gasteiger partial charge in [0, 0.05) is 12.1 Å². The molecule has 0 aliphatic heterocycles. The number of rotatable bonds is 4.